The number of hydrogen-bond acceptors (Lipinski definition) is 5. The van der Waals surface area contributed by atoms with Crippen molar-refractivity contribution in [3.05, 3.63) is 40.2 Å². The predicted octanol–water partition coefficient (Wildman–Crippen LogP) is 1.67. The van der Waals surface area contributed by atoms with Crippen LogP contribution in [0.4, 0.5) is 22.1 Å². The second-order valence-electron chi connectivity index (χ2n) is 3.63. The Morgan fingerprint density at radius 3 is 2.53 bits per heavy atom. The number of non-ortho nitro benzene ring substituents is 1. The monoisotopic (exact) mass is 262 g/mol. The Balaban J connectivity index is 1.97. The number of nitrogens with one attached hydrogen (secondary N) is 3. The number of benzene rings is 1. The Morgan fingerprint density at radius 2 is 2.00 bits per heavy atom. The number of aromatic nitrogens is 3. The van der Waals surface area contributed by atoms with Gasteiger partial charge in [-0.15, -0.1) is 5.10 Å². The zero-order valence-corrected chi connectivity index (χ0v) is 9.88. The summed E-state index contributed by atoms with van der Waals surface area (Å²) < 4.78 is 0. The van der Waals surface area contributed by atoms with Crippen LogP contribution in [0.5, 0.6) is 0 Å². The number of aromatic amines is 1. The van der Waals surface area contributed by atoms with Crippen LogP contribution in [-0.2, 0) is 0 Å². The fourth-order valence-electron chi connectivity index (χ4n) is 1.33. The van der Waals surface area contributed by atoms with E-state index in [0.717, 1.165) is 0 Å². The average molecular weight is 262 g/mol. The molecule has 2 rings (SSSR count). The topological polar surface area (TPSA) is 126 Å². The SMILES string of the molecule is Cc1nc(NC(=O)Nc2ccc([N+](=O)[O-])cc2)n[nH]1. The first-order valence-corrected chi connectivity index (χ1v) is 5.26. The van der Waals surface area contributed by atoms with Crippen molar-refractivity contribution < 1.29 is 9.72 Å². The normalized spacial score (nSPS) is 9.95. The van der Waals surface area contributed by atoms with Crippen molar-refractivity contribution in [1.29, 1.82) is 0 Å². The molecule has 0 bridgehead atoms. The smallest absolute Gasteiger partial charge is 0.308 e. The first kappa shape index (κ1) is 12.5. The van der Waals surface area contributed by atoms with Gasteiger partial charge in [0.05, 0.1) is 4.92 Å². The van der Waals surface area contributed by atoms with E-state index in [-0.39, 0.29) is 11.6 Å². The number of carbonyl (C=O) groups excluding carboxylic acids is 1. The van der Waals surface area contributed by atoms with E-state index in [9.17, 15) is 14.9 Å². The summed E-state index contributed by atoms with van der Waals surface area (Å²) in [6.07, 6.45) is 0. The average Bonchev–Trinajstić information content (AvgIpc) is 2.75. The lowest BCUT2D eigenvalue weighted by atomic mass is 10.3. The van der Waals surface area contributed by atoms with Gasteiger partial charge in [-0.25, -0.2) is 4.79 Å². The minimum atomic E-state index is -0.534. The summed E-state index contributed by atoms with van der Waals surface area (Å²) in [7, 11) is 0. The minimum Gasteiger partial charge on any atom is -0.308 e. The zero-order valence-electron chi connectivity index (χ0n) is 9.88. The summed E-state index contributed by atoms with van der Waals surface area (Å²) in [6, 6.07) is 4.92. The molecule has 19 heavy (non-hydrogen) atoms. The third kappa shape index (κ3) is 3.25. The number of carbonyl (C=O) groups is 1. The molecule has 1 aromatic carbocycles. The van der Waals surface area contributed by atoms with E-state index in [1.807, 2.05) is 0 Å². The number of rotatable bonds is 3. The van der Waals surface area contributed by atoms with Crippen molar-refractivity contribution in [2.45, 2.75) is 6.92 Å². The van der Waals surface area contributed by atoms with Crippen LogP contribution in [0.1, 0.15) is 5.82 Å². The molecule has 3 N–H and O–H groups in total. The van der Waals surface area contributed by atoms with Gasteiger partial charge in [0.25, 0.3) is 5.69 Å². The van der Waals surface area contributed by atoms with Gasteiger partial charge in [-0.1, -0.05) is 0 Å². The van der Waals surface area contributed by atoms with Gasteiger partial charge in [0.15, 0.2) is 0 Å². The van der Waals surface area contributed by atoms with Crippen LogP contribution in [0.15, 0.2) is 24.3 Å². The number of nitro groups is 1. The van der Waals surface area contributed by atoms with Gasteiger partial charge in [-0.2, -0.15) is 4.98 Å². The van der Waals surface area contributed by atoms with E-state index in [1.54, 1.807) is 6.92 Å². The van der Waals surface area contributed by atoms with Crippen molar-refractivity contribution in [2.24, 2.45) is 0 Å². The third-order valence-corrected chi connectivity index (χ3v) is 2.16. The van der Waals surface area contributed by atoms with E-state index in [0.29, 0.717) is 11.5 Å². The largest absolute Gasteiger partial charge is 0.326 e. The maximum absolute atomic E-state index is 11.6. The lowest BCUT2D eigenvalue weighted by Gasteiger charge is -2.04. The molecule has 2 aromatic rings. The highest BCUT2D eigenvalue weighted by Crippen LogP contribution is 2.15. The first-order chi connectivity index (χ1) is 9.04. The van der Waals surface area contributed by atoms with Crippen molar-refractivity contribution >= 4 is 23.4 Å². The van der Waals surface area contributed by atoms with E-state index in [4.69, 9.17) is 0 Å². The van der Waals surface area contributed by atoms with Gasteiger partial charge in [0, 0.05) is 17.8 Å². The molecule has 1 heterocycles. The Hall–Kier alpha value is -2.97. The van der Waals surface area contributed by atoms with Crippen molar-refractivity contribution in [3.63, 3.8) is 0 Å². The molecule has 0 spiro atoms. The molecule has 0 aliphatic rings. The van der Waals surface area contributed by atoms with Crippen LogP contribution < -0.4 is 10.6 Å². The van der Waals surface area contributed by atoms with Crippen LogP contribution in [0.2, 0.25) is 0 Å². The Kier molecular flexibility index (Phi) is 3.37. The molecule has 1 aromatic heterocycles. The number of hydrogen-bond donors (Lipinski definition) is 3. The fraction of sp³-hybridized carbons (Fsp3) is 0.100. The third-order valence-electron chi connectivity index (χ3n) is 2.16. The van der Waals surface area contributed by atoms with E-state index < -0.39 is 11.0 Å². The van der Waals surface area contributed by atoms with Crippen LogP contribution in [0.25, 0.3) is 0 Å². The highest BCUT2D eigenvalue weighted by Gasteiger charge is 2.08. The van der Waals surface area contributed by atoms with Gasteiger partial charge >= 0.3 is 6.03 Å². The highest BCUT2D eigenvalue weighted by molar-refractivity contribution is 5.98. The van der Waals surface area contributed by atoms with Gasteiger partial charge in [0.2, 0.25) is 5.95 Å². The molecule has 9 nitrogen and oxygen atoms in total. The van der Waals surface area contributed by atoms with Crippen LogP contribution >= 0.6 is 0 Å². The standard InChI is InChI=1S/C10H10N6O3/c1-6-11-9(15-14-6)13-10(17)12-7-2-4-8(5-3-7)16(18)19/h2-5H,1H3,(H3,11,12,13,14,15,17). The summed E-state index contributed by atoms with van der Waals surface area (Å²) in [6.45, 7) is 1.70. The molecular formula is C10H10N6O3. The zero-order chi connectivity index (χ0) is 13.8. The Morgan fingerprint density at radius 1 is 1.32 bits per heavy atom. The number of aryl methyl sites for hydroxylation is 1. The summed E-state index contributed by atoms with van der Waals surface area (Å²) in [5.74, 6) is 0.725. The maximum Gasteiger partial charge on any atom is 0.326 e. The van der Waals surface area contributed by atoms with E-state index >= 15 is 0 Å². The molecule has 0 saturated carbocycles. The van der Waals surface area contributed by atoms with Crippen molar-refractivity contribution in [1.82, 2.24) is 15.2 Å². The summed E-state index contributed by atoms with van der Waals surface area (Å²) >= 11 is 0. The molecule has 0 aliphatic heterocycles. The quantitative estimate of drug-likeness (QED) is 0.572. The molecule has 2 amide bonds. The molecule has 0 atom stereocenters. The molecule has 0 fully saturated rings. The molecule has 9 heteroatoms. The van der Waals surface area contributed by atoms with Crippen LogP contribution in [-0.4, -0.2) is 26.1 Å². The Bertz CT molecular complexity index is 606. The highest BCUT2D eigenvalue weighted by atomic mass is 16.6. The van der Waals surface area contributed by atoms with Crippen molar-refractivity contribution in [3.8, 4) is 0 Å². The fourth-order valence-corrected chi connectivity index (χ4v) is 1.33. The molecule has 98 valence electrons. The maximum atomic E-state index is 11.6. The van der Waals surface area contributed by atoms with Crippen LogP contribution in [0.3, 0.4) is 0 Å². The molecule has 0 unspecified atom stereocenters. The van der Waals surface area contributed by atoms with Gasteiger partial charge in [0.1, 0.15) is 5.82 Å². The predicted molar refractivity (Wildman–Crippen MR) is 66.9 cm³/mol. The summed E-state index contributed by atoms with van der Waals surface area (Å²) in [5.41, 5.74) is 0.380. The molecular weight excluding hydrogens is 252 g/mol. The number of nitro benzene ring substituents is 1. The number of urea groups is 1. The van der Waals surface area contributed by atoms with Gasteiger partial charge in [-0.3, -0.25) is 20.5 Å². The Labute approximate surface area is 107 Å². The molecule has 0 radical (unpaired) electrons. The number of nitrogens with zero attached hydrogens (tertiary/aromatic N) is 3. The van der Waals surface area contributed by atoms with Gasteiger partial charge < -0.3 is 5.32 Å². The first-order valence-electron chi connectivity index (χ1n) is 5.26. The number of anilines is 2. The van der Waals surface area contributed by atoms with Gasteiger partial charge in [-0.05, 0) is 19.1 Å². The van der Waals surface area contributed by atoms with Crippen molar-refractivity contribution in [2.75, 3.05) is 10.6 Å². The number of H-pyrrole nitrogens is 1. The second kappa shape index (κ2) is 5.12. The minimum absolute atomic E-state index is 0.0458. The summed E-state index contributed by atoms with van der Waals surface area (Å²) in [5, 5.41) is 21.7. The molecule has 0 saturated heterocycles. The number of amides is 2. The lowest BCUT2D eigenvalue weighted by molar-refractivity contribution is -0.384. The van der Waals surface area contributed by atoms with E-state index in [1.165, 1.54) is 24.3 Å². The lowest BCUT2D eigenvalue weighted by Crippen LogP contribution is -2.20. The van der Waals surface area contributed by atoms with Crippen LogP contribution in [0, 0.1) is 17.0 Å². The summed E-state index contributed by atoms with van der Waals surface area (Å²) in [4.78, 5) is 25.4. The molecule has 0 aliphatic carbocycles. The second-order valence-corrected chi connectivity index (χ2v) is 3.63. The van der Waals surface area contributed by atoms with E-state index in [2.05, 4.69) is 25.8 Å².